The summed E-state index contributed by atoms with van der Waals surface area (Å²) in [6.45, 7) is 0. The predicted molar refractivity (Wildman–Crippen MR) is 26.3 cm³/mol. The average molecular weight is 119 g/mol. The molecule has 0 rings (SSSR count). The molecular weight excluding hydrogens is 113 g/mol. The smallest absolute Gasteiger partial charge is 0.218 e. The van der Waals surface area contributed by atoms with Crippen molar-refractivity contribution >= 4 is 14.4 Å². The normalized spacial score (nSPS) is 9.14. The largest absolute Gasteiger partial charge is 0.370 e. The number of hydrogen-bond donors (Lipinski definition) is 1. The van der Waals surface area contributed by atoms with E-state index >= 15 is 0 Å². The van der Waals surface area contributed by atoms with E-state index in [9.17, 15) is 9.36 Å². The fourth-order valence-electron chi connectivity index (χ4n) is 0.156. The highest BCUT2D eigenvalue weighted by molar-refractivity contribution is 7.23. The molecule has 40 valence electrons. The highest BCUT2D eigenvalue weighted by Gasteiger charge is 1.89. The van der Waals surface area contributed by atoms with Gasteiger partial charge >= 0.3 is 0 Å². The van der Waals surface area contributed by atoms with Gasteiger partial charge in [0.2, 0.25) is 5.91 Å². The zero-order chi connectivity index (χ0) is 5.70. The number of nitrogens with two attached hydrogens (primary N) is 1. The van der Waals surface area contributed by atoms with Crippen molar-refractivity contribution in [3.63, 3.8) is 0 Å². The molecule has 0 bridgehead atoms. The maximum Gasteiger partial charge on any atom is 0.218 e. The van der Waals surface area contributed by atoms with E-state index in [1.54, 1.807) is 0 Å². The molecule has 7 heavy (non-hydrogen) atoms. The lowest BCUT2D eigenvalue weighted by Gasteiger charge is -1.80. The number of amides is 1. The third kappa shape index (κ3) is 5.57. The minimum absolute atomic E-state index is 0.0106. The molecule has 0 fully saturated rings. The van der Waals surface area contributed by atoms with Crippen LogP contribution in [0.2, 0.25) is 0 Å². The molecule has 0 aromatic heterocycles. The summed E-state index contributed by atoms with van der Waals surface area (Å²) in [4.78, 5) is 9.84. The summed E-state index contributed by atoms with van der Waals surface area (Å²) in [7, 11) is -0.0106. The van der Waals surface area contributed by atoms with Crippen molar-refractivity contribution in [2.75, 3.05) is 6.16 Å². The summed E-state index contributed by atoms with van der Waals surface area (Å²) in [5, 5.41) is 0. The van der Waals surface area contributed by atoms with Crippen molar-refractivity contribution < 1.29 is 9.36 Å². The van der Waals surface area contributed by atoms with Crippen LogP contribution in [0.1, 0.15) is 6.42 Å². The molecule has 0 aromatic carbocycles. The Bertz CT molecular complexity index is 83.0. The van der Waals surface area contributed by atoms with E-state index in [1.165, 1.54) is 0 Å². The number of rotatable bonds is 3. The molecule has 2 N–H and O–H groups in total. The highest BCUT2D eigenvalue weighted by atomic mass is 31.1. The van der Waals surface area contributed by atoms with Crippen molar-refractivity contribution in [3.05, 3.63) is 0 Å². The Balaban J connectivity index is 2.97. The Hall–Kier alpha value is -0.430. The summed E-state index contributed by atoms with van der Waals surface area (Å²) in [5.74, 6) is -0.400. The van der Waals surface area contributed by atoms with E-state index in [2.05, 4.69) is 0 Å². The zero-order valence-corrected chi connectivity index (χ0v) is 4.65. The average Bonchev–Trinajstić information content (AvgIpc) is 1.61. The second-order valence-electron chi connectivity index (χ2n) is 1.07. The predicted octanol–water partition coefficient (Wildman–Crippen LogP) is 0.153. The Morgan fingerprint density at radius 1 is 1.71 bits per heavy atom. The summed E-state index contributed by atoms with van der Waals surface area (Å²) in [6.07, 6.45) is 0.556. The van der Waals surface area contributed by atoms with Crippen molar-refractivity contribution in [2.45, 2.75) is 6.42 Å². The van der Waals surface area contributed by atoms with Crippen LogP contribution in [0.15, 0.2) is 0 Å². The first kappa shape index (κ1) is 6.57. The van der Waals surface area contributed by atoms with E-state index in [0.29, 0.717) is 6.16 Å². The first-order valence-electron chi connectivity index (χ1n) is 1.85. The van der Waals surface area contributed by atoms with Crippen molar-refractivity contribution in [1.29, 1.82) is 0 Å². The standard InChI is InChI=1S/C3H6NO2P/c4-3(5)1-2-7-6/h1-2H2,(H2,4,5). The third-order valence-corrected chi connectivity index (χ3v) is 0.856. The fraction of sp³-hybridized carbons (Fsp3) is 0.667. The monoisotopic (exact) mass is 119 g/mol. The molecule has 0 aliphatic rings. The molecule has 0 aromatic rings. The van der Waals surface area contributed by atoms with Crippen LogP contribution in [-0.4, -0.2) is 12.1 Å². The molecule has 0 heterocycles. The molecule has 0 radical (unpaired) electrons. The van der Waals surface area contributed by atoms with Crippen LogP contribution in [0.25, 0.3) is 0 Å². The molecule has 0 aliphatic carbocycles. The first-order valence-corrected chi connectivity index (χ1v) is 2.84. The van der Waals surface area contributed by atoms with Crippen molar-refractivity contribution in [2.24, 2.45) is 5.73 Å². The van der Waals surface area contributed by atoms with Gasteiger partial charge in [-0.3, -0.25) is 9.36 Å². The Morgan fingerprint density at radius 2 is 2.29 bits per heavy atom. The number of primary amides is 1. The van der Waals surface area contributed by atoms with Crippen molar-refractivity contribution in [1.82, 2.24) is 0 Å². The van der Waals surface area contributed by atoms with Gasteiger partial charge in [-0.1, -0.05) is 0 Å². The second-order valence-corrected chi connectivity index (χ2v) is 1.77. The summed E-state index contributed by atoms with van der Waals surface area (Å²) >= 11 is 0. The first-order chi connectivity index (χ1) is 3.27. The van der Waals surface area contributed by atoms with Gasteiger partial charge in [0.1, 0.15) is 0 Å². The lowest BCUT2D eigenvalue weighted by atomic mass is 10.5. The van der Waals surface area contributed by atoms with Gasteiger partial charge in [0, 0.05) is 12.6 Å². The van der Waals surface area contributed by atoms with E-state index < -0.39 is 5.91 Å². The highest BCUT2D eigenvalue weighted by Crippen LogP contribution is 1.91. The molecule has 0 unspecified atom stereocenters. The second kappa shape index (κ2) is 3.75. The summed E-state index contributed by atoms with van der Waals surface area (Å²) < 4.78 is 9.60. The molecule has 0 saturated heterocycles. The van der Waals surface area contributed by atoms with Crippen LogP contribution >= 0.6 is 8.46 Å². The Morgan fingerprint density at radius 3 is 2.43 bits per heavy atom. The van der Waals surface area contributed by atoms with Crippen molar-refractivity contribution in [3.8, 4) is 0 Å². The van der Waals surface area contributed by atoms with Crippen LogP contribution in [0.5, 0.6) is 0 Å². The van der Waals surface area contributed by atoms with Crippen LogP contribution in [-0.2, 0) is 9.36 Å². The van der Waals surface area contributed by atoms with Gasteiger partial charge in [-0.25, -0.2) is 0 Å². The maximum absolute atomic E-state index is 9.84. The molecule has 0 spiro atoms. The Labute approximate surface area is 43.1 Å². The molecular formula is C3H6NO2P. The summed E-state index contributed by atoms with van der Waals surface area (Å²) in [5.41, 5.74) is 4.70. The molecule has 0 aliphatic heterocycles. The topological polar surface area (TPSA) is 60.2 Å². The number of carbonyl (C=O) groups is 1. The van der Waals surface area contributed by atoms with Crippen LogP contribution in [0, 0.1) is 0 Å². The molecule has 0 saturated carbocycles. The number of carbonyl (C=O) groups excluding carboxylic acids is 1. The van der Waals surface area contributed by atoms with Gasteiger partial charge in [0.15, 0.2) is 8.46 Å². The van der Waals surface area contributed by atoms with E-state index in [1.807, 2.05) is 0 Å². The van der Waals surface area contributed by atoms with Gasteiger partial charge in [-0.2, -0.15) is 0 Å². The lowest BCUT2D eigenvalue weighted by molar-refractivity contribution is -0.117. The molecule has 0 atom stereocenters. The van der Waals surface area contributed by atoms with Gasteiger partial charge in [0.25, 0.3) is 0 Å². The molecule has 3 nitrogen and oxygen atoms in total. The third-order valence-electron chi connectivity index (χ3n) is 0.449. The van der Waals surface area contributed by atoms with E-state index in [4.69, 9.17) is 5.73 Å². The van der Waals surface area contributed by atoms with Crippen LogP contribution < -0.4 is 5.73 Å². The van der Waals surface area contributed by atoms with Gasteiger partial charge < -0.3 is 5.73 Å². The fourth-order valence-corrected chi connectivity index (χ4v) is 0.468. The van der Waals surface area contributed by atoms with Gasteiger partial charge in [-0.15, -0.1) is 0 Å². The molecule has 4 heteroatoms. The van der Waals surface area contributed by atoms with E-state index in [-0.39, 0.29) is 14.9 Å². The SMILES string of the molecule is NC(=O)CCP=O. The Kier molecular flexibility index (Phi) is 3.52. The lowest BCUT2D eigenvalue weighted by Crippen LogP contribution is -2.09. The zero-order valence-electron chi connectivity index (χ0n) is 3.76. The van der Waals surface area contributed by atoms with Crippen LogP contribution in [0.3, 0.4) is 0 Å². The van der Waals surface area contributed by atoms with Gasteiger partial charge in [-0.05, 0) is 0 Å². The van der Waals surface area contributed by atoms with Crippen LogP contribution in [0.4, 0.5) is 0 Å². The quantitative estimate of drug-likeness (QED) is 0.537. The molecule has 1 amide bonds. The number of hydrogen-bond acceptors (Lipinski definition) is 2. The minimum atomic E-state index is -0.400. The summed E-state index contributed by atoms with van der Waals surface area (Å²) in [6, 6.07) is 0. The minimum Gasteiger partial charge on any atom is -0.370 e. The van der Waals surface area contributed by atoms with E-state index in [0.717, 1.165) is 0 Å². The van der Waals surface area contributed by atoms with Gasteiger partial charge in [0.05, 0.1) is 0 Å². The maximum atomic E-state index is 9.84.